The molecule has 0 fully saturated rings. The molecule has 0 heterocycles. The van der Waals surface area contributed by atoms with Gasteiger partial charge in [0, 0.05) is 9.79 Å². The number of hydrogen-bond acceptors (Lipinski definition) is 2. The molecule has 2 aromatic carbocycles. The van der Waals surface area contributed by atoms with Crippen molar-refractivity contribution in [1.29, 1.82) is 0 Å². The molecule has 0 aliphatic rings. The van der Waals surface area contributed by atoms with Crippen LogP contribution >= 0.6 is 23.5 Å². The zero-order valence-electron chi connectivity index (χ0n) is 9.45. The lowest BCUT2D eigenvalue weighted by Crippen LogP contribution is -1.90. The van der Waals surface area contributed by atoms with Crippen molar-refractivity contribution in [2.45, 2.75) is 14.4 Å². The third-order valence-electron chi connectivity index (χ3n) is 2.18. The van der Waals surface area contributed by atoms with E-state index < -0.39 is 0 Å². The Morgan fingerprint density at radius 1 is 0.765 bits per heavy atom. The molecule has 0 atom stereocenters. The summed E-state index contributed by atoms with van der Waals surface area (Å²) in [5, 5.41) is 0. The SMILES string of the molecule is C=CC(Sc1ccccc1)Sc1ccccc1. The van der Waals surface area contributed by atoms with Gasteiger partial charge in [-0.1, -0.05) is 42.5 Å². The highest BCUT2D eigenvalue weighted by Crippen LogP contribution is 2.35. The number of benzene rings is 2. The van der Waals surface area contributed by atoms with Gasteiger partial charge in [-0.3, -0.25) is 0 Å². The van der Waals surface area contributed by atoms with E-state index in [-0.39, 0.29) is 0 Å². The second-order valence-electron chi connectivity index (χ2n) is 3.47. The summed E-state index contributed by atoms with van der Waals surface area (Å²) in [6.07, 6.45) is 2.00. The molecule has 2 rings (SSSR count). The standard InChI is InChI=1S/C15H14S2/c1-2-15(16-13-9-5-3-6-10-13)17-14-11-7-4-8-12-14/h2-12,15H,1H2. The van der Waals surface area contributed by atoms with Gasteiger partial charge in [0.1, 0.15) is 0 Å². The van der Waals surface area contributed by atoms with Gasteiger partial charge in [0.15, 0.2) is 0 Å². The topological polar surface area (TPSA) is 0 Å². The van der Waals surface area contributed by atoms with Gasteiger partial charge in [0.2, 0.25) is 0 Å². The van der Waals surface area contributed by atoms with E-state index in [4.69, 9.17) is 0 Å². The van der Waals surface area contributed by atoms with Crippen molar-refractivity contribution >= 4 is 23.5 Å². The molecule has 0 nitrogen and oxygen atoms in total. The highest BCUT2D eigenvalue weighted by atomic mass is 32.2. The zero-order chi connectivity index (χ0) is 11.9. The summed E-state index contributed by atoms with van der Waals surface area (Å²) in [7, 11) is 0. The molecule has 0 unspecified atom stereocenters. The molecule has 86 valence electrons. The molecule has 2 aromatic rings. The maximum atomic E-state index is 3.91. The normalized spacial score (nSPS) is 10.4. The maximum absolute atomic E-state index is 3.91. The van der Waals surface area contributed by atoms with Crippen LogP contribution < -0.4 is 0 Å². The molecule has 17 heavy (non-hydrogen) atoms. The molecule has 0 aliphatic carbocycles. The molecule has 0 saturated carbocycles. The first kappa shape index (κ1) is 12.3. The molecule has 0 N–H and O–H groups in total. The van der Waals surface area contributed by atoms with E-state index in [0.717, 1.165) is 0 Å². The summed E-state index contributed by atoms with van der Waals surface area (Å²) < 4.78 is 0.347. The number of thioether (sulfide) groups is 2. The quantitative estimate of drug-likeness (QED) is 0.416. The van der Waals surface area contributed by atoms with Gasteiger partial charge in [0.25, 0.3) is 0 Å². The van der Waals surface area contributed by atoms with Gasteiger partial charge in [-0.2, -0.15) is 0 Å². The van der Waals surface area contributed by atoms with Gasteiger partial charge < -0.3 is 0 Å². The summed E-state index contributed by atoms with van der Waals surface area (Å²) in [5.74, 6) is 0. The Hall–Kier alpha value is -1.12. The van der Waals surface area contributed by atoms with Crippen LogP contribution in [-0.2, 0) is 0 Å². The zero-order valence-corrected chi connectivity index (χ0v) is 11.1. The average molecular weight is 258 g/mol. The van der Waals surface area contributed by atoms with Crippen molar-refractivity contribution in [3.63, 3.8) is 0 Å². The summed E-state index contributed by atoms with van der Waals surface area (Å²) >= 11 is 3.66. The van der Waals surface area contributed by atoms with E-state index in [9.17, 15) is 0 Å². The molecule has 0 radical (unpaired) electrons. The molecule has 0 amide bonds. The van der Waals surface area contributed by atoms with Crippen molar-refractivity contribution in [3.8, 4) is 0 Å². The molecule has 0 aliphatic heterocycles. The molecule has 2 heteroatoms. The van der Waals surface area contributed by atoms with Crippen LogP contribution in [0.4, 0.5) is 0 Å². The van der Waals surface area contributed by atoms with Gasteiger partial charge in [-0.25, -0.2) is 0 Å². The van der Waals surface area contributed by atoms with Crippen molar-refractivity contribution in [2.75, 3.05) is 0 Å². The largest absolute Gasteiger partial charge is 0.107 e. The predicted molar refractivity (Wildman–Crippen MR) is 78.6 cm³/mol. The van der Waals surface area contributed by atoms with Crippen LogP contribution in [0.5, 0.6) is 0 Å². The first-order valence-corrected chi connectivity index (χ1v) is 7.20. The maximum Gasteiger partial charge on any atom is 0.0773 e. The Morgan fingerprint density at radius 3 is 1.53 bits per heavy atom. The predicted octanol–water partition coefficient (Wildman–Crippen LogP) is 5.08. The second kappa shape index (κ2) is 6.58. The monoisotopic (exact) mass is 258 g/mol. The first-order valence-electron chi connectivity index (χ1n) is 5.44. The molecule has 0 saturated heterocycles. The average Bonchev–Trinajstić information content (AvgIpc) is 2.40. The van der Waals surface area contributed by atoms with E-state index in [0.29, 0.717) is 4.58 Å². The number of rotatable bonds is 5. The van der Waals surface area contributed by atoms with Gasteiger partial charge in [0.05, 0.1) is 4.58 Å². The molecule has 0 aromatic heterocycles. The van der Waals surface area contributed by atoms with Crippen molar-refractivity contribution in [2.24, 2.45) is 0 Å². The minimum Gasteiger partial charge on any atom is -0.107 e. The van der Waals surface area contributed by atoms with Crippen LogP contribution in [0.1, 0.15) is 0 Å². The van der Waals surface area contributed by atoms with Crippen molar-refractivity contribution in [1.82, 2.24) is 0 Å². The fraction of sp³-hybridized carbons (Fsp3) is 0.0667. The van der Waals surface area contributed by atoms with E-state index in [2.05, 4.69) is 55.1 Å². The Kier molecular flexibility index (Phi) is 4.77. The Bertz CT molecular complexity index is 409. The summed E-state index contributed by atoms with van der Waals surface area (Å²) in [4.78, 5) is 2.56. The number of hydrogen-bond donors (Lipinski definition) is 0. The molecular weight excluding hydrogens is 244 g/mol. The Morgan fingerprint density at radius 2 is 1.18 bits per heavy atom. The van der Waals surface area contributed by atoms with Crippen molar-refractivity contribution in [3.05, 3.63) is 73.3 Å². The van der Waals surface area contributed by atoms with E-state index in [1.165, 1.54) is 9.79 Å². The Balaban J connectivity index is 2.01. The molecule has 0 spiro atoms. The van der Waals surface area contributed by atoms with Crippen LogP contribution in [-0.4, -0.2) is 4.58 Å². The van der Waals surface area contributed by atoms with Gasteiger partial charge in [-0.15, -0.1) is 30.1 Å². The van der Waals surface area contributed by atoms with E-state index in [1.807, 2.05) is 41.7 Å². The lowest BCUT2D eigenvalue weighted by Gasteiger charge is -2.11. The fourth-order valence-corrected chi connectivity index (χ4v) is 3.60. The van der Waals surface area contributed by atoms with Crippen molar-refractivity contribution < 1.29 is 0 Å². The van der Waals surface area contributed by atoms with E-state index >= 15 is 0 Å². The smallest absolute Gasteiger partial charge is 0.0773 e. The van der Waals surface area contributed by atoms with Crippen LogP contribution in [0.15, 0.2) is 83.1 Å². The van der Waals surface area contributed by atoms with Crippen LogP contribution in [0, 0.1) is 0 Å². The van der Waals surface area contributed by atoms with Gasteiger partial charge in [-0.05, 0) is 24.3 Å². The lowest BCUT2D eigenvalue weighted by atomic mass is 10.4. The van der Waals surface area contributed by atoms with Crippen LogP contribution in [0.2, 0.25) is 0 Å². The minimum absolute atomic E-state index is 0.347. The van der Waals surface area contributed by atoms with Crippen LogP contribution in [0.3, 0.4) is 0 Å². The second-order valence-corrected chi connectivity index (χ2v) is 6.19. The highest BCUT2D eigenvalue weighted by molar-refractivity contribution is 8.17. The first-order chi connectivity index (χ1) is 8.38. The van der Waals surface area contributed by atoms with Crippen LogP contribution in [0.25, 0.3) is 0 Å². The van der Waals surface area contributed by atoms with E-state index in [1.54, 1.807) is 0 Å². The third-order valence-corrected chi connectivity index (χ3v) is 4.70. The highest BCUT2D eigenvalue weighted by Gasteiger charge is 2.07. The molecule has 0 bridgehead atoms. The minimum atomic E-state index is 0.347. The van der Waals surface area contributed by atoms with Gasteiger partial charge >= 0.3 is 0 Å². The third kappa shape index (κ3) is 3.99. The fourth-order valence-electron chi connectivity index (χ4n) is 1.39. The molecular formula is C15H14S2. The Labute approximate surface area is 111 Å². The lowest BCUT2D eigenvalue weighted by molar-refractivity contribution is 1.43. The summed E-state index contributed by atoms with van der Waals surface area (Å²) in [6.45, 7) is 3.91. The summed E-state index contributed by atoms with van der Waals surface area (Å²) in [6, 6.07) is 20.9. The summed E-state index contributed by atoms with van der Waals surface area (Å²) in [5.41, 5.74) is 0.